The predicted octanol–water partition coefficient (Wildman–Crippen LogP) is 4.96. The van der Waals surface area contributed by atoms with E-state index in [1.165, 1.54) is 10.9 Å². The molecule has 0 aliphatic rings. The Labute approximate surface area is 128 Å². The molecule has 3 aromatic carbocycles. The smallest absolute Gasteiger partial charge is 0.0991 e. The lowest BCUT2D eigenvalue weighted by Gasteiger charge is -2.08. The largest absolute Gasteiger partial charge is 0.309 e. The van der Waals surface area contributed by atoms with Crippen LogP contribution in [0.3, 0.4) is 0 Å². The molecule has 22 heavy (non-hydrogen) atoms. The third-order valence-corrected chi connectivity index (χ3v) is 4.09. The first kappa shape index (κ1) is 12.7. The van der Waals surface area contributed by atoms with E-state index >= 15 is 0 Å². The highest BCUT2D eigenvalue weighted by Crippen LogP contribution is 2.32. The molecule has 2 heteroatoms. The minimum absolute atomic E-state index is 0.694. The molecule has 0 bridgehead atoms. The van der Waals surface area contributed by atoms with E-state index in [2.05, 4.69) is 60.0 Å². The SMILES string of the molecule is Cc1ccc(-n2c3ccccc3c3cc(C#N)ccc32)cc1. The Morgan fingerprint density at radius 3 is 2.32 bits per heavy atom. The highest BCUT2D eigenvalue weighted by Gasteiger charge is 2.12. The summed E-state index contributed by atoms with van der Waals surface area (Å²) in [5.74, 6) is 0. The highest BCUT2D eigenvalue weighted by molar-refractivity contribution is 6.09. The maximum atomic E-state index is 9.17. The Morgan fingerprint density at radius 1 is 0.818 bits per heavy atom. The molecule has 2 nitrogen and oxygen atoms in total. The zero-order valence-corrected chi connectivity index (χ0v) is 12.2. The summed E-state index contributed by atoms with van der Waals surface area (Å²) in [5, 5.41) is 11.5. The van der Waals surface area contributed by atoms with Crippen molar-refractivity contribution >= 4 is 21.8 Å². The second kappa shape index (κ2) is 4.75. The third-order valence-electron chi connectivity index (χ3n) is 4.09. The van der Waals surface area contributed by atoms with Crippen molar-refractivity contribution in [1.29, 1.82) is 5.26 Å². The molecule has 0 spiro atoms. The van der Waals surface area contributed by atoms with E-state index < -0.39 is 0 Å². The van der Waals surface area contributed by atoms with Crippen molar-refractivity contribution in [2.45, 2.75) is 6.92 Å². The topological polar surface area (TPSA) is 28.7 Å². The van der Waals surface area contributed by atoms with E-state index in [9.17, 15) is 0 Å². The molecule has 0 amide bonds. The number of hydrogen-bond acceptors (Lipinski definition) is 1. The minimum atomic E-state index is 0.694. The quantitative estimate of drug-likeness (QED) is 0.485. The van der Waals surface area contributed by atoms with Gasteiger partial charge in [-0.1, -0.05) is 35.9 Å². The van der Waals surface area contributed by atoms with E-state index in [1.807, 2.05) is 24.3 Å². The summed E-state index contributed by atoms with van der Waals surface area (Å²) in [6, 6.07) is 25.0. The lowest BCUT2D eigenvalue weighted by atomic mass is 10.1. The summed E-state index contributed by atoms with van der Waals surface area (Å²) in [4.78, 5) is 0. The monoisotopic (exact) mass is 282 g/mol. The van der Waals surface area contributed by atoms with Gasteiger partial charge in [-0.05, 0) is 43.3 Å². The molecule has 4 rings (SSSR count). The Bertz CT molecular complexity index is 1030. The van der Waals surface area contributed by atoms with Crippen molar-refractivity contribution in [3.05, 3.63) is 77.9 Å². The van der Waals surface area contributed by atoms with Gasteiger partial charge in [0.1, 0.15) is 0 Å². The average Bonchev–Trinajstić information content (AvgIpc) is 2.89. The van der Waals surface area contributed by atoms with Gasteiger partial charge in [0.15, 0.2) is 0 Å². The van der Waals surface area contributed by atoms with Crippen LogP contribution >= 0.6 is 0 Å². The number of nitrogens with zero attached hydrogens (tertiary/aromatic N) is 2. The van der Waals surface area contributed by atoms with Gasteiger partial charge in [-0.3, -0.25) is 0 Å². The summed E-state index contributed by atoms with van der Waals surface area (Å²) < 4.78 is 2.26. The summed E-state index contributed by atoms with van der Waals surface area (Å²) >= 11 is 0. The first-order valence-electron chi connectivity index (χ1n) is 7.28. The second-order valence-electron chi connectivity index (χ2n) is 5.53. The van der Waals surface area contributed by atoms with Gasteiger partial charge in [-0.15, -0.1) is 0 Å². The van der Waals surface area contributed by atoms with Gasteiger partial charge >= 0.3 is 0 Å². The van der Waals surface area contributed by atoms with Crippen LogP contribution in [0, 0.1) is 18.3 Å². The van der Waals surface area contributed by atoms with Crippen LogP contribution in [0.4, 0.5) is 0 Å². The van der Waals surface area contributed by atoms with Crippen LogP contribution in [0.15, 0.2) is 66.7 Å². The molecule has 104 valence electrons. The molecule has 0 N–H and O–H groups in total. The molecule has 0 radical (unpaired) electrons. The number of hydrogen-bond donors (Lipinski definition) is 0. The molecule has 0 saturated heterocycles. The van der Waals surface area contributed by atoms with Crippen molar-refractivity contribution in [1.82, 2.24) is 4.57 Å². The fourth-order valence-electron chi connectivity index (χ4n) is 3.01. The highest BCUT2D eigenvalue weighted by atomic mass is 15.0. The molecule has 1 heterocycles. The van der Waals surface area contributed by atoms with E-state index in [0.717, 1.165) is 22.1 Å². The van der Waals surface area contributed by atoms with Crippen LogP contribution < -0.4 is 0 Å². The molecule has 0 atom stereocenters. The van der Waals surface area contributed by atoms with Gasteiger partial charge < -0.3 is 4.57 Å². The van der Waals surface area contributed by atoms with Crippen molar-refractivity contribution in [2.24, 2.45) is 0 Å². The number of rotatable bonds is 1. The molecule has 0 aliphatic heterocycles. The summed E-state index contributed by atoms with van der Waals surface area (Å²) in [7, 11) is 0. The van der Waals surface area contributed by atoms with Crippen LogP contribution in [0.5, 0.6) is 0 Å². The van der Waals surface area contributed by atoms with Gasteiger partial charge in [0.05, 0.1) is 22.7 Å². The van der Waals surface area contributed by atoms with E-state index in [0.29, 0.717) is 5.56 Å². The Morgan fingerprint density at radius 2 is 1.55 bits per heavy atom. The van der Waals surface area contributed by atoms with Crippen LogP contribution in [0.25, 0.3) is 27.5 Å². The summed E-state index contributed by atoms with van der Waals surface area (Å²) in [6.07, 6.45) is 0. The molecule has 0 unspecified atom stereocenters. The number of aryl methyl sites for hydroxylation is 1. The van der Waals surface area contributed by atoms with Gasteiger partial charge in [-0.25, -0.2) is 0 Å². The van der Waals surface area contributed by atoms with Crippen molar-refractivity contribution in [2.75, 3.05) is 0 Å². The number of aromatic nitrogens is 1. The van der Waals surface area contributed by atoms with Crippen LogP contribution in [0.1, 0.15) is 11.1 Å². The standard InChI is InChI=1S/C20H14N2/c1-14-6-9-16(10-7-14)22-19-5-3-2-4-17(19)18-12-15(13-21)8-11-20(18)22/h2-12H,1H3. The maximum Gasteiger partial charge on any atom is 0.0991 e. The van der Waals surface area contributed by atoms with Crippen LogP contribution in [0.2, 0.25) is 0 Å². The number of fused-ring (bicyclic) bond motifs is 3. The molecule has 0 saturated carbocycles. The summed E-state index contributed by atoms with van der Waals surface area (Å²) in [5.41, 5.74) is 5.37. The fourth-order valence-corrected chi connectivity index (χ4v) is 3.01. The Kier molecular flexibility index (Phi) is 2.74. The van der Waals surface area contributed by atoms with Gasteiger partial charge in [0, 0.05) is 16.5 Å². The fraction of sp³-hybridized carbons (Fsp3) is 0.0500. The van der Waals surface area contributed by atoms with E-state index in [1.54, 1.807) is 0 Å². The molecular formula is C20H14N2. The number of para-hydroxylation sites is 1. The number of nitriles is 1. The molecule has 4 aromatic rings. The van der Waals surface area contributed by atoms with E-state index in [-0.39, 0.29) is 0 Å². The molecule has 1 aromatic heterocycles. The van der Waals surface area contributed by atoms with Gasteiger partial charge in [0.25, 0.3) is 0 Å². The molecular weight excluding hydrogens is 268 g/mol. The normalized spacial score (nSPS) is 10.9. The van der Waals surface area contributed by atoms with Gasteiger partial charge in [-0.2, -0.15) is 5.26 Å². The maximum absolute atomic E-state index is 9.17. The zero-order valence-electron chi connectivity index (χ0n) is 12.2. The predicted molar refractivity (Wildman–Crippen MR) is 90.2 cm³/mol. The zero-order chi connectivity index (χ0) is 15.1. The first-order chi connectivity index (χ1) is 10.8. The summed E-state index contributed by atoms with van der Waals surface area (Å²) in [6.45, 7) is 2.09. The van der Waals surface area contributed by atoms with Crippen LogP contribution in [-0.2, 0) is 0 Å². The lowest BCUT2D eigenvalue weighted by Crippen LogP contribution is -1.93. The van der Waals surface area contributed by atoms with Crippen LogP contribution in [-0.4, -0.2) is 4.57 Å². The van der Waals surface area contributed by atoms with E-state index in [4.69, 9.17) is 5.26 Å². The van der Waals surface area contributed by atoms with Gasteiger partial charge in [0.2, 0.25) is 0 Å². The first-order valence-corrected chi connectivity index (χ1v) is 7.28. The Balaban J connectivity index is 2.16. The lowest BCUT2D eigenvalue weighted by molar-refractivity contribution is 1.17. The van der Waals surface area contributed by atoms with Crippen molar-refractivity contribution < 1.29 is 0 Å². The Hall–Kier alpha value is -3.05. The average molecular weight is 282 g/mol. The molecule has 0 fully saturated rings. The number of benzene rings is 3. The van der Waals surface area contributed by atoms with Crippen molar-refractivity contribution in [3.63, 3.8) is 0 Å². The third kappa shape index (κ3) is 1.80. The van der Waals surface area contributed by atoms with Crippen molar-refractivity contribution in [3.8, 4) is 11.8 Å². The second-order valence-corrected chi connectivity index (χ2v) is 5.53. The molecule has 0 aliphatic carbocycles. The minimum Gasteiger partial charge on any atom is -0.309 e.